The van der Waals surface area contributed by atoms with Gasteiger partial charge in [0, 0.05) is 19.8 Å². The van der Waals surface area contributed by atoms with Gasteiger partial charge in [-0.1, -0.05) is 12.1 Å². The van der Waals surface area contributed by atoms with E-state index in [4.69, 9.17) is 10.5 Å². The number of aromatic nitrogens is 1. The normalized spacial score (nSPS) is 10.1. The molecule has 0 radical (unpaired) electrons. The Balaban J connectivity index is 2.16. The van der Waals surface area contributed by atoms with Gasteiger partial charge in [0.2, 0.25) is 0 Å². The lowest BCUT2D eigenvalue weighted by molar-refractivity contribution is 0.414. The Morgan fingerprint density at radius 2 is 2.11 bits per heavy atom. The fourth-order valence-electron chi connectivity index (χ4n) is 1.86. The zero-order chi connectivity index (χ0) is 13.0. The quantitative estimate of drug-likeness (QED) is 0.895. The Morgan fingerprint density at radius 3 is 2.83 bits per heavy atom. The van der Waals surface area contributed by atoms with E-state index < -0.39 is 0 Å². The van der Waals surface area contributed by atoms with Crippen LogP contribution in [0.3, 0.4) is 0 Å². The third-order valence-electron chi connectivity index (χ3n) is 2.78. The predicted octanol–water partition coefficient (Wildman–Crippen LogP) is 2.31. The average Bonchev–Trinajstić information content (AvgIpc) is 2.39. The van der Waals surface area contributed by atoms with Gasteiger partial charge in [-0.05, 0) is 29.8 Å². The van der Waals surface area contributed by atoms with Gasteiger partial charge in [0.15, 0.2) is 0 Å². The maximum atomic E-state index is 5.85. The highest BCUT2D eigenvalue weighted by atomic mass is 16.5. The number of ether oxygens (including phenoxy) is 1. The van der Waals surface area contributed by atoms with Crippen LogP contribution in [0.25, 0.3) is 0 Å². The van der Waals surface area contributed by atoms with Crippen LogP contribution < -0.4 is 15.4 Å². The van der Waals surface area contributed by atoms with Gasteiger partial charge < -0.3 is 15.4 Å². The molecule has 0 aliphatic carbocycles. The van der Waals surface area contributed by atoms with Gasteiger partial charge in [-0.15, -0.1) is 0 Å². The molecule has 0 amide bonds. The summed E-state index contributed by atoms with van der Waals surface area (Å²) in [5, 5.41) is 0. The molecule has 0 bridgehead atoms. The molecule has 0 atom stereocenters. The zero-order valence-corrected chi connectivity index (χ0v) is 10.6. The van der Waals surface area contributed by atoms with Crippen molar-refractivity contribution in [1.82, 2.24) is 4.98 Å². The summed E-state index contributed by atoms with van der Waals surface area (Å²) in [5.74, 6) is 1.41. The van der Waals surface area contributed by atoms with Crippen LogP contribution in [-0.4, -0.2) is 19.1 Å². The number of methoxy groups -OCH3 is 1. The van der Waals surface area contributed by atoms with Crippen molar-refractivity contribution in [3.8, 4) is 5.75 Å². The van der Waals surface area contributed by atoms with E-state index in [2.05, 4.69) is 16.0 Å². The van der Waals surface area contributed by atoms with Crippen LogP contribution in [0.15, 0.2) is 42.6 Å². The first-order valence-corrected chi connectivity index (χ1v) is 5.75. The van der Waals surface area contributed by atoms with Gasteiger partial charge >= 0.3 is 0 Å². The van der Waals surface area contributed by atoms with E-state index in [9.17, 15) is 0 Å². The third kappa shape index (κ3) is 2.71. The van der Waals surface area contributed by atoms with Crippen molar-refractivity contribution in [2.45, 2.75) is 6.54 Å². The first-order valence-electron chi connectivity index (χ1n) is 5.75. The van der Waals surface area contributed by atoms with Crippen LogP contribution in [-0.2, 0) is 6.54 Å². The molecule has 0 aliphatic heterocycles. The molecule has 0 spiro atoms. The van der Waals surface area contributed by atoms with Crippen molar-refractivity contribution in [3.05, 3.63) is 48.2 Å². The summed E-state index contributed by atoms with van der Waals surface area (Å²) < 4.78 is 5.21. The summed E-state index contributed by atoms with van der Waals surface area (Å²) >= 11 is 0. The fourth-order valence-corrected chi connectivity index (χ4v) is 1.86. The average molecular weight is 243 g/mol. The predicted molar refractivity (Wildman–Crippen MR) is 73.8 cm³/mol. The molecule has 1 heterocycles. The lowest BCUT2D eigenvalue weighted by Gasteiger charge is -2.20. The SMILES string of the molecule is COc1cccc(CN(C)c2cccnc2N)c1. The maximum Gasteiger partial charge on any atom is 0.146 e. The largest absolute Gasteiger partial charge is 0.497 e. The van der Waals surface area contributed by atoms with Crippen LogP contribution in [0.1, 0.15) is 5.56 Å². The Labute approximate surface area is 107 Å². The molecular formula is C14H17N3O. The number of benzene rings is 1. The molecule has 2 N–H and O–H groups in total. The summed E-state index contributed by atoms with van der Waals surface area (Å²) in [4.78, 5) is 6.15. The summed E-state index contributed by atoms with van der Waals surface area (Å²) in [6.45, 7) is 0.757. The number of anilines is 2. The fraction of sp³-hybridized carbons (Fsp3) is 0.214. The van der Waals surface area contributed by atoms with Gasteiger partial charge in [0.25, 0.3) is 0 Å². The highest BCUT2D eigenvalue weighted by Crippen LogP contribution is 2.21. The summed E-state index contributed by atoms with van der Waals surface area (Å²) in [6, 6.07) is 11.8. The summed E-state index contributed by atoms with van der Waals surface area (Å²) in [7, 11) is 3.66. The lowest BCUT2D eigenvalue weighted by Crippen LogP contribution is -2.18. The third-order valence-corrected chi connectivity index (χ3v) is 2.78. The number of hydrogen-bond acceptors (Lipinski definition) is 4. The molecule has 0 saturated heterocycles. The minimum atomic E-state index is 0.544. The number of hydrogen-bond donors (Lipinski definition) is 1. The minimum Gasteiger partial charge on any atom is -0.497 e. The van der Waals surface area contributed by atoms with Crippen LogP contribution in [0, 0.1) is 0 Å². The van der Waals surface area contributed by atoms with Crippen molar-refractivity contribution < 1.29 is 4.74 Å². The number of nitrogens with zero attached hydrogens (tertiary/aromatic N) is 2. The molecule has 94 valence electrons. The molecule has 4 heteroatoms. The van der Waals surface area contributed by atoms with Crippen molar-refractivity contribution in [2.24, 2.45) is 0 Å². The van der Waals surface area contributed by atoms with Crippen molar-refractivity contribution in [2.75, 3.05) is 24.8 Å². The maximum absolute atomic E-state index is 5.85. The minimum absolute atomic E-state index is 0.544. The Hall–Kier alpha value is -2.23. The monoisotopic (exact) mass is 243 g/mol. The molecular weight excluding hydrogens is 226 g/mol. The van der Waals surface area contributed by atoms with E-state index in [1.165, 1.54) is 5.56 Å². The van der Waals surface area contributed by atoms with E-state index >= 15 is 0 Å². The number of rotatable bonds is 4. The zero-order valence-electron chi connectivity index (χ0n) is 10.6. The van der Waals surface area contributed by atoms with E-state index in [1.807, 2.05) is 37.4 Å². The smallest absolute Gasteiger partial charge is 0.146 e. The van der Waals surface area contributed by atoms with Gasteiger partial charge in [0.05, 0.1) is 12.8 Å². The van der Waals surface area contributed by atoms with Crippen molar-refractivity contribution in [3.63, 3.8) is 0 Å². The van der Waals surface area contributed by atoms with Gasteiger partial charge in [-0.3, -0.25) is 0 Å². The molecule has 2 aromatic rings. The second-order valence-electron chi connectivity index (χ2n) is 4.12. The standard InChI is InChI=1S/C14H17N3O/c1-17(13-7-4-8-16-14(13)15)10-11-5-3-6-12(9-11)18-2/h3-9H,10H2,1-2H3,(H2,15,16). The van der Waals surface area contributed by atoms with Gasteiger partial charge in [-0.25, -0.2) is 4.98 Å². The van der Waals surface area contributed by atoms with Crippen LogP contribution >= 0.6 is 0 Å². The van der Waals surface area contributed by atoms with Crippen molar-refractivity contribution in [1.29, 1.82) is 0 Å². The Kier molecular flexibility index (Phi) is 3.67. The molecule has 1 aromatic heterocycles. The molecule has 2 rings (SSSR count). The van der Waals surface area contributed by atoms with Gasteiger partial charge in [0.1, 0.15) is 11.6 Å². The van der Waals surface area contributed by atoms with Crippen LogP contribution in [0.5, 0.6) is 5.75 Å². The highest BCUT2D eigenvalue weighted by Gasteiger charge is 2.06. The molecule has 1 aromatic carbocycles. The first-order chi connectivity index (χ1) is 8.70. The van der Waals surface area contributed by atoms with E-state index in [1.54, 1.807) is 13.3 Å². The molecule has 0 fully saturated rings. The van der Waals surface area contributed by atoms with E-state index in [0.29, 0.717) is 5.82 Å². The summed E-state index contributed by atoms with van der Waals surface area (Å²) in [6.07, 6.45) is 1.69. The molecule has 18 heavy (non-hydrogen) atoms. The topological polar surface area (TPSA) is 51.4 Å². The number of nitrogens with two attached hydrogens (primary N) is 1. The molecule has 4 nitrogen and oxygen atoms in total. The van der Waals surface area contributed by atoms with E-state index in [-0.39, 0.29) is 0 Å². The number of nitrogen functional groups attached to an aromatic ring is 1. The highest BCUT2D eigenvalue weighted by molar-refractivity contribution is 5.62. The van der Waals surface area contributed by atoms with Crippen molar-refractivity contribution >= 4 is 11.5 Å². The second kappa shape index (κ2) is 5.40. The second-order valence-corrected chi connectivity index (χ2v) is 4.12. The Bertz CT molecular complexity index is 528. The molecule has 0 unspecified atom stereocenters. The van der Waals surface area contributed by atoms with Crippen LogP contribution in [0.2, 0.25) is 0 Å². The Morgan fingerprint density at radius 1 is 1.28 bits per heavy atom. The number of pyridine rings is 1. The lowest BCUT2D eigenvalue weighted by atomic mass is 10.2. The van der Waals surface area contributed by atoms with Gasteiger partial charge in [-0.2, -0.15) is 0 Å². The molecule has 0 saturated carbocycles. The van der Waals surface area contributed by atoms with E-state index in [0.717, 1.165) is 18.0 Å². The molecule has 0 aliphatic rings. The summed E-state index contributed by atoms with van der Waals surface area (Å²) in [5.41, 5.74) is 7.95. The first kappa shape index (κ1) is 12.2. The van der Waals surface area contributed by atoms with Crippen LogP contribution in [0.4, 0.5) is 11.5 Å².